The van der Waals surface area contributed by atoms with Crippen LogP contribution >= 0.6 is 0 Å². The average molecular weight is 345 g/mol. The molecule has 2 nitrogen and oxygen atoms in total. The van der Waals surface area contributed by atoms with Crippen molar-refractivity contribution in [3.63, 3.8) is 0 Å². The number of benzene rings is 2. The monoisotopic (exact) mass is 346 g/mol. The Bertz CT molecular complexity index is 660. The van der Waals surface area contributed by atoms with Crippen molar-refractivity contribution in [3.05, 3.63) is 77.9 Å². The number of carbonyl (C=O) groups excluding carboxylic acids is 1. The molecule has 0 spiro atoms. The molecular formula is C18H18O2Se. The van der Waals surface area contributed by atoms with Crippen LogP contribution in [0, 0.1) is 0 Å². The zero-order valence-electron chi connectivity index (χ0n) is 12.2. The van der Waals surface area contributed by atoms with Crippen LogP contribution in [0.3, 0.4) is 0 Å². The second kappa shape index (κ2) is 6.40. The summed E-state index contributed by atoms with van der Waals surface area (Å²) in [7, 11) is 0. The van der Waals surface area contributed by atoms with E-state index in [9.17, 15) is 9.90 Å². The minimum absolute atomic E-state index is 0.192. The molecule has 0 aliphatic heterocycles. The van der Waals surface area contributed by atoms with Crippen molar-refractivity contribution in [2.75, 3.05) is 0 Å². The van der Waals surface area contributed by atoms with Crippen LogP contribution in [-0.2, 0) is 5.60 Å². The van der Waals surface area contributed by atoms with E-state index in [0.29, 0.717) is 11.1 Å². The van der Waals surface area contributed by atoms with Crippen LogP contribution in [0.5, 0.6) is 0 Å². The fraction of sp³-hybridized carbons (Fsp3) is 0.167. The summed E-state index contributed by atoms with van der Waals surface area (Å²) < 4.78 is 1.03. The van der Waals surface area contributed by atoms with Gasteiger partial charge in [-0.1, -0.05) is 0 Å². The first-order chi connectivity index (χ1) is 9.98. The van der Waals surface area contributed by atoms with E-state index in [1.54, 1.807) is 25.1 Å². The Balaban J connectivity index is 2.37. The van der Waals surface area contributed by atoms with E-state index in [2.05, 4.69) is 12.4 Å². The van der Waals surface area contributed by atoms with Crippen molar-refractivity contribution in [2.24, 2.45) is 0 Å². The number of hydrogen-bond acceptors (Lipinski definition) is 2. The van der Waals surface area contributed by atoms with Gasteiger partial charge < -0.3 is 0 Å². The van der Waals surface area contributed by atoms with Crippen LogP contribution in [0.15, 0.2) is 66.7 Å². The van der Waals surface area contributed by atoms with E-state index in [-0.39, 0.29) is 26.3 Å². The quantitative estimate of drug-likeness (QED) is 0.514. The van der Waals surface area contributed by atoms with E-state index in [1.165, 1.54) is 0 Å². The van der Waals surface area contributed by atoms with Gasteiger partial charge in [-0.25, -0.2) is 0 Å². The van der Waals surface area contributed by atoms with Crippen LogP contribution in [0.1, 0.15) is 22.8 Å². The first-order valence-corrected chi connectivity index (χ1v) is 9.20. The van der Waals surface area contributed by atoms with Gasteiger partial charge >= 0.3 is 131 Å². The molecule has 21 heavy (non-hydrogen) atoms. The molecule has 0 radical (unpaired) electrons. The molecule has 2 aromatic carbocycles. The number of ketones is 1. The molecular weight excluding hydrogens is 327 g/mol. The summed E-state index contributed by atoms with van der Waals surface area (Å²) in [6.07, 6.45) is 0. The molecule has 0 aliphatic rings. The van der Waals surface area contributed by atoms with Crippen molar-refractivity contribution in [3.8, 4) is 0 Å². The first kappa shape index (κ1) is 15.7. The van der Waals surface area contributed by atoms with Gasteiger partial charge in [0.1, 0.15) is 0 Å². The third kappa shape index (κ3) is 3.16. The molecule has 0 aliphatic carbocycles. The Morgan fingerprint density at radius 1 is 1.10 bits per heavy atom. The summed E-state index contributed by atoms with van der Waals surface area (Å²) in [5.74, 6) is 1.88. The zero-order valence-corrected chi connectivity index (χ0v) is 13.9. The van der Waals surface area contributed by atoms with Gasteiger partial charge in [0.05, 0.1) is 0 Å². The van der Waals surface area contributed by atoms with Gasteiger partial charge in [-0.2, -0.15) is 0 Å². The normalized spacial score (nSPS) is 13.5. The summed E-state index contributed by atoms with van der Waals surface area (Å²) >= 11 is 0.213. The van der Waals surface area contributed by atoms with E-state index < -0.39 is 5.60 Å². The van der Waals surface area contributed by atoms with Gasteiger partial charge in [-0.15, -0.1) is 0 Å². The Morgan fingerprint density at radius 3 is 2.29 bits per heavy atom. The molecule has 0 bridgehead atoms. The fourth-order valence-corrected chi connectivity index (χ4v) is 3.40. The SMILES string of the molecule is C=C(C(=O)c1ccccc1[Se]C)C(C)(O)c1ccccc1. The second-order valence-corrected chi connectivity index (χ2v) is 6.73. The average Bonchev–Trinajstić information content (AvgIpc) is 2.54. The Kier molecular flexibility index (Phi) is 4.79. The molecule has 2 rings (SSSR count). The van der Waals surface area contributed by atoms with Gasteiger partial charge in [0.25, 0.3) is 0 Å². The molecule has 1 N–H and O–H groups in total. The predicted molar refractivity (Wildman–Crippen MR) is 87.2 cm³/mol. The fourth-order valence-electron chi connectivity index (χ4n) is 2.15. The van der Waals surface area contributed by atoms with Crippen LogP contribution in [-0.4, -0.2) is 25.8 Å². The van der Waals surface area contributed by atoms with Crippen LogP contribution in [0.25, 0.3) is 0 Å². The van der Waals surface area contributed by atoms with Crippen LogP contribution < -0.4 is 4.46 Å². The van der Waals surface area contributed by atoms with Gasteiger partial charge in [0.15, 0.2) is 0 Å². The Labute approximate surface area is 131 Å². The van der Waals surface area contributed by atoms with Gasteiger partial charge in [-0.05, 0) is 0 Å². The molecule has 0 heterocycles. The molecule has 0 saturated heterocycles. The molecule has 108 valence electrons. The van der Waals surface area contributed by atoms with Crippen LogP contribution in [0.2, 0.25) is 5.82 Å². The van der Waals surface area contributed by atoms with Gasteiger partial charge in [0.2, 0.25) is 0 Å². The number of hydrogen-bond donors (Lipinski definition) is 1. The zero-order chi connectivity index (χ0) is 15.5. The van der Waals surface area contributed by atoms with Crippen molar-refractivity contribution >= 4 is 25.2 Å². The summed E-state index contributed by atoms with van der Waals surface area (Å²) in [4.78, 5) is 12.7. The molecule has 2 aromatic rings. The number of aliphatic hydroxyl groups is 1. The molecule has 1 unspecified atom stereocenters. The summed E-state index contributed by atoms with van der Waals surface area (Å²) in [5, 5.41) is 10.7. The van der Waals surface area contributed by atoms with Gasteiger partial charge in [0, 0.05) is 0 Å². The summed E-state index contributed by atoms with van der Waals surface area (Å²) in [6.45, 7) is 5.48. The van der Waals surface area contributed by atoms with Crippen molar-refractivity contribution in [2.45, 2.75) is 18.3 Å². The third-order valence-corrected chi connectivity index (χ3v) is 5.22. The summed E-state index contributed by atoms with van der Waals surface area (Å²) in [6, 6.07) is 16.7. The summed E-state index contributed by atoms with van der Waals surface area (Å²) in [5.41, 5.74) is 0.140. The maximum atomic E-state index is 12.7. The molecule has 0 amide bonds. The van der Waals surface area contributed by atoms with Crippen LogP contribution in [0.4, 0.5) is 0 Å². The van der Waals surface area contributed by atoms with Crippen molar-refractivity contribution in [1.29, 1.82) is 0 Å². The second-order valence-electron chi connectivity index (χ2n) is 4.95. The molecule has 3 heteroatoms. The van der Waals surface area contributed by atoms with E-state index >= 15 is 0 Å². The van der Waals surface area contributed by atoms with Crippen molar-refractivity contribution in [1.82, 2.24) is 0 Å². The first-order valence-electron chi connectivity index (χ1n) is 6.63. The molecule has 0 saturated carbocycles. The van der Waals surface area contributed by atoms with E-state index in [1.807, 2.05) is 36.4 Å². The number of carbonyl (C=O) groups is 1. The van der Waals surface area contributed by atoms with Gasteiger partial charge in [-0.3, -0.25) is 0 Å². The molecule has 0 aromatic heterocycles. The number of rotatable bonds is 5. The van der Waals surface area contributed by atoms with E-state index in [4.69, 9.17) is 0 Å². The molecule has 1 atom stereocenters. The topological polar surface area (TPSA) is 37.3 Å². The molecule has 0 fully saturated rings. The Hall–Kier alpha value is -1.67. The number of Topliss-reactive ketones (excluding diaryl/α,β-unsaturated/α-hetero) is 1. The van der Waals surface area contributed by atoms with Crippen molar-refractivity contribution < 1.29 is 9.90 Å². The standard InChI is InChI=1S/C18H18O2Se/c1-13(18(2,20)14-9-5-4-6-10-14)17(19)15-11-7-8-12-16(15)21-3/h4-12,20H,1H2,2-3H3. The maximum absolute atomic E-state index is 12.7. The minimum atomic E-state index is -1.37. The predicted octanol–water partition coefficient (Wildman–Crippen LogP) is 2.71. The Morgan fingerprint density at radius 2 is 1.67 bits per heavy atom. The van der Waals surface area contributed by atoms with E-state index in [0.717, 1.165) is 4.46 Å². The third-order valence-electron chi connectivity index (χ3n) is 3.55.